The molecular formula is C17H12ClF2N3O2. The summed E-state index contributed by atoms with van der Waals surface area (Å²) in [5, 5.41) is 18.7. The van der Waals surface area contributed by atoms with E-state index in [9.17, 15) is 18.7 Å². The summed E-state index contributed by atoms with van der Waals surface area (Å²) in [5.41, 5.74) is 0.0282. The van der Waals surface area contributed by atoms with Gasteiger partial charge in [0, 0.05) is 6.20 Å². The number of aromatic nitrogens is 1. The van der Waals surface area contributed by atoms with E-state index >= 15 is 0 Å². The summed E-state index contributed by atoms with van der Waals surface area (Å²) in [7, 11) is 0. The maximum Gasteiger partial charge on any atom is 0.352 e. The van der Waals surface area contributed by atoms with Gasteiger partial charge in [0.15, 0.2) is 0 Å². The Morgan fingerprint density at radius 2 is 2.20 bits per heavy atom. The van der Waals surface area contributed by atoms with E-state index in [2.05, 4.69) is 4.98 Å². The lowest BCUT2D eigenvalue weighted by Crippen LogP contribution is -2.34. The van der Waals surface area contributed by atoms with Crippen LogP contribution < -0.4 is 4.90 Å². The number of hydrogen-bond donors (Lipinski definition) is 1. The summed E-state index contributed by atoms with van der Waals surface area (Å²) in [6, 6.07) is 7.52. The third-order valence-corrected chi connectivity index (χ3v) is 4.30. The van der Waals surface area contributed by atoms with Crippen molar-refractivity contribution in [1.82, 2.24) is 4.98 Å². The molecule has 0 aliphatic carbocycles. The molecule has 5 nitrogen and oxygen atoms in total. The molecule has 1 aromatic heterocycles. The Morgan fingerprint density at radius 3 is 2.84 bits per heavy atom. The monoisotopic (exact) mass is 363 g/mol. The van der Waals surface area contributed by atoms with Crippen molar-refractivity contribution < 1.29 is 18.7 Å². The molecule has 0 spiro atoms. The van der Waals surface area contributed by atoms with Crippen LogP contribution in [0.5, 0.6) is 0 Å². The number of pyridine rings is 1. The number of fused-ring (bicyclic) bond motifs is 1. The standard InChI is InChI=1S/C17H12ClF2N3O2/c1-9(24)12-3-2-4-13-14(12)17(19,20)16(25)23(13)8-10-5-11(6-21)15(18)22-7-10/h2-5,7,9,24H,8H2,1H3/t9-/m0/s1. The van der Waals surface area contributed by atoms with Crippen molar-refractivity contribution in [2.45, 2.75) is 25.5 Å². The van der Waals surface area contributed by atoms with Gasteiger partial charge in [-0.2, -0.15) is 14.0 Å². The van der Waals surface area contributed by atoms with Gasteiger partial charge in [-0.05, 0) is 30.2 Å². The lowest BCUT2D eigenvalue weighted by Gasteiger charge is -2.17. The Morgan fingerprint density at radius 1 is 1.48 bits per heavy atom. The zero-order valence-electron chi connectivity index (χ0n) is 13.0. The van der Waals surface area contributed by atoms with E-state index in [4.69, 9.17) is 16.9 Å². The maximum absolute atomic E-state index is 14.5. The molecule has 0 saturated carbocycles. The largest absolute Gasteiger partial charge is 0.389 e. The smallest absolute Gasteiger partial charge is 0.352 e. The van der Waals surface area contributed by atoms with Crippen molar-refractivity contribution >= 4 is 23.2 Å². The number of benzene rings is 1. The van der Waals surface area contributed by atoms with E-state index in [-0.39, 0.29) is 28.5 Å². The molecule has 0 unspecified atom stereocenters. The number of aliphatic hydroxyl groups is 1. The van der Waals surface area contributed by atoms with Gasteiger partial charge in [-0.3, -0.25) is 4.79 Å². The van der Waals surface area contributed by atoms with Crippen LogP contribution in [0.2, 0.25) is 5.15 Å². The highest BCUT2D eigenvalue weighted by Crippen LogP contribution is 2.47. The molecule has 3 rings (SSSR count). The van der Waals surface area contributed by atoms with E-state index in [0.717, 1.165) is 4.90 Å². The Kier molecular flexibility index (Phi) is 4.19. The van der Waals surface area contributed by atoms with Gasteiger partial charge in [0.25, 0.3) is 0 Å². The molecule has 1 aliphatic rings. The van der Waals surface area contributed by atoms with Crippen LogP contribution in [0, 0.1) is 11.3 Å². The number of halogens is 3. The van der Waals surface area contributed by atoms with E-state index in [1.807, 2.05) is 6.07 Å². The molecule has 2 heterocycles. The lowest BCUT2D eigenvalue weighted by atomic mass is 9.98. The number of rotatable bonds is 3. The zero-order valence-corrected chi connectivity index (χ0v) is 13.8. The number of aliphatic hydroxyl groups excluding tert-OH is 1. The van der Waals surface area contributed by atoms with Crippen LogP contribution >= 0.6 is 11.6 Å². The molecule has 25 heavy (non-hydrogen) atoms. The Balaban J connectivity index is 2.07. The summed E-state index contributed by atoms with van der Waals surface area (Å²) >= 11 is 5.76. The van der Waals surface area contributed by atoms with Gasteiger partial charge in [0.2, 0.25) is 0 Å². The van der Waals surface area contributed by atoms with E-state index < -0.39 is 23.5 Å². The number of hydrogen-bond acceptors (Lipinski definition) is 4. The molecule has 2 aromatic rings. The van der Waals surface area contributed by atoms with Crippen LogP contribution in [-0.4, -0.2) is 16.0 Å². The van der Waals surface area contributed by atoms with E-state index in [0.29, 0.717) is 5.56 Å². The normalized spacial score (nSPS) is 16.5. The molecular weight excluding hydrogens is 352 g/mol. The molecule has 1 aliphatic heterocycles. The maximum atomic E-state index is 14.5. The molecule has 128 valence electrons. The van der Waals surface area contributed by atoms with Gasteiger partial charge >= 0.3 is 11.8 Å². The molecule has 0 bridgehead atoms. The highest BCUT2D eigenvalue weighted by Gasteiger charge is 2.54. The van der Waals surface area contributed by atoms with Gasteiger partial charge in [-0.15, -0.1) is 0 Å². The number of anilines is 1. The second-order valence-electron chi connectivity index (χ2n) is 5.68. The highest BCUT2D eigenvalue weighted by atomic mass is 35.5. The second-order valence-corrected chi connectivity index (χ2v) is 6.03. The third kappa shape index (κ3) is 2.73. The first kappa shape index (κ1) is 17.3. The topological polar surface area (TPSA) is 77.2 Å². The summed E-state index contributed by atoms with van der Waals surface area (Å²) in [6.07, 6.45) is 0.182. The van der Waals surface area contributed by atoms with Crippen molar-refractivity contribution in [3.8, 4) is 6.07 Å². The summed E-state index contributed by atoms with van der Waals surface area (Å²) < 4.78 is 29.0. The summed E-state index contributed by atoms with van der Waals surface area (Å²) in [5.74, 6) is -5.12. The van der Waals surface area contributed by atoms with Gasteiger partial charge in [-0.1, -0.05) is 23.7 Å². The quantitative estimate of drug-likeness (QED) is 0.849. The Labute approximate surface area is 147 Å². The highest BCUT2D eigenvalue weighted by molar-refractivity contribution is 6.30. The molecule has 1 amide bonds. The number of nitriles is 1. The fraction of sp³-hybridized carbons (Fsp3) is 0.235. The average molecular weight is 364 g/mol. The van der Waals surface area contributed by atoms with Crippen molar-refractivity contribution in [2.24, 2.45) is 0 Å². The lowest BCUT2D eigenvalue weighted by molar-refractivity contribution is -0.141. The number of nitrogens with zero attached hydrogens (tertiary/aromatic N) is 3. The van der Waals surface area contributed by atoms with Crippen LogP contribution in [-0.2, 0) is 17.3 Å². The predicted octanol–water partition coefficient (Wildman–Crippen LogP) is 3.30. The first-order valence-corrected chi connectivity index (χ1v) is 7.71. The Hall–Kier alpha value is -2.56. The van der Waals surface area contributed by atoms with Crippen LogP contribution in [0.25, 0.3) is 0 Å². The molecule has 0 radical (unpaired) electrons. The van der Waals surface area contributed by atoms with Crippen molar-refractivity contribution in [1.29, 1.82) is 5.26 Å². The van der Waals surface area contributed by atoms with Gasteiger partial charge in [0.1, 0.15) is 11.2 Å². The number of alkyl halides is 2. The first-order chi connectivity index (χ1) is 11.8. The van der Waals surface area contributed by atoms with Crippen LogP contribution in [0.3, 0.4) is 0 Å². The van der Waals surface area contributed by atoms with E-state index in [1.54, 1.807) is 0 Å². The third-order valence-electron chi connectivity index (χ3n) is 4.00. The summed E-state index contributed by atoms with van der Waals surface area (Å²) in [4.78, 5) is 17.0. The average Bonchev–Trinajstić information content (AvgIpc) is 2.77. The van der Waals surface area contributed by atoms with Crippen molar-refractivity contribution in [3.63, 3.8) is 0 Å². The minimum atomic E-state index is -3.74. The van der Waals surface area contributed by atoms with Gasteiger partial charge < -0.3 is 10.0 Å². The molecule has 8 heteroatoms. The fourth-order valence-electron chi connectivity index (χ4n) is 2.85. The van der Waals surface area contributed by atoms with Crippen LogP contribution in [0.15, 0.2) is 30.5 Å². The molecule has 1 N–H and O–H groups in total. The number of amides is 1. The van der Waals surface area contributed by atoms with Crippen molar-refractivity contribution in [2.75, 3.05) is 4.90 Å². The first-order valence-electron chi connectivity index (χ1n) is 7.33. The van der Waals surface area contributed by atoms with Crippen LogP contribution in [0.1, 0.15) is 35.3 Å². The predicted molar refractivity (Wildman–Crippen MR) is 86.1 cm³/mol. The minimum Gasteiger partial charge on any atom is -0.389 e. The molecule has 0 saturated heterocycles. The number of carbonyl (C=O) groups excluding carboxylic acids is 1. The van der Waals surface area contributed by atoms with E-state index in [1.165, 1.54) is 37.4 Å². The zero-order chi connectivity index (χ0) is 18.4. The second kappa shape index (κ2) is 6.06. The molecule has 1 aromatic carbocycles. The Bertz CT molecular complexity index is 909. The van der Waals surface area contributed by atoms with Crippen molar-refractivity contribution in [3.05, 3.63) is 57.9 Å². The molecule has 0 fully saturated rings. The van der Waals surface area contributed by atoms with Crippen LogP contribution in [0.4, 0.5) is 14.5 Å². The van der Waals surface area contributed by atoms with Gasteiger partial charge in [0.05, 0.1) is 29.5 Å². The molecule has 1 atom stereocenters. The van der Waals surface area contributed by atoms with Gasteiger partial charge in [-0.25, -0.2) is 4.98 Å². The fourth-order valence-corrected chi connectivity index (χ4v) is 3.00. The number of carbonyl (C=O) groups is 1. The SMILES string of the molecule is C[C@H](O)c1cccc2c1C(F)(F)C(=O)N2Cc1cnc(Cl)c(C#N)c1. The summed E-state index contributed by atoms with van der Waals surface area (Å²) in [6.45, 7) is 1.17. The minimum absolute atomic E-state index is 0.00104.